The number of benzene rings is 1. The van der Waals surface area contributed by atoms with E-state index in [-0.39, 0.29) is 16.7 Å². The van der Waals surface area contributed by atoms with E-state index in [0.29, 0.717) is 5.82 Å². The van der Waals surface area contributed by atoms with Gasteiger partial charge in [0, 0.05) is 18.4 Å². The number of rotatable bonds is 7. The fourth-order valence-corrected chi connectivity index (χ4v) is 2.28. The zero-order valence-corrected chi connectivity index (χ0v) is 13.9. The van der Waals surface area contributed by atoms with E-state index >= 15 is 0 Å². The third kappa shape index (κ3) is 5.26. The molecule has 0 saturated heterocycles. The van der Waals surface area contributed by atoms with Gasteiger partial charge in [0.05, 0.1) is 10.6 Å². The summed E-state index contributed by atoms with van der Waals surface area (Å²) in [6.45, 7) is 2.90. The molecule has 0 saturated carbocycles. The minimum atomic E-state index is -4.52. The number of alkyl halides is 3. The topological polar surface area (TPSA) is 49.8 Å². The van der Waals surface area contributed by atoms with Gasteiger partial charge < -0.3 is 10.6 Å². The molecule has 1 heterocycles. The number of anilines is 3. The summed E-state index contributed by atoms with van der Waals surface area (Å²) in [5.74, 6) is 0.833. The Morgan fingerprint density at radius 1 is 1.17 bits per heavy atom. The van der Waals surface area contributed by atoms with Gasteiger partial charge in [0.25, 0.3) is 0 Å². The lowest BCUT2D eigenvalue weighted by atomic mass is 10.2. The average molecular weight is 359 g/mol. The molecule has 0 aliphatic rings. The van der Waals surface area contributed by atoms with Crippen LogP contribution in [0.3, 0.4) is 0 Å². The highest BCUT2D eigenvalue weighted by atomic mass is 35.5. The van der Waals surface area contributed by atoms with E-state index in [1.807, 2.05) is 0 Å². The summed E-state index contributed by atoms with van der Waals surface area (Å²) in [5, 5.41) is 5.58. The van der Waals surface area contributed by atoms with E-state index in [2.05, 4.69) is 27.5 Å². The SMILES string of the molecule is CCCCCNc1ccnc(Nc2ccc(Cl)c(C(F)(F)F)c2)n1. The van der Waals surface area contributed by atoms with E-state index in [4.69, 9.17) is 11.6 Å². The standard InChI is InChI=1S/C16H18ClF3N4/c1-2-3-4-8-21-14-7-9-22-15(24-14)23-11-5-6-13(17)12(10-11)16(18,19)20/h5-7,9-10H,2-4,8H2,1H3,(H2,21,22,23,24). The van der Waals surface area contributed by atoms with Crippen LogP contribution in [0.5, 0.6) is 0 Å². The molecule has 8 heteroatoms. The Balaban J connectivity index is 2.08. The Kier molecular flexibility index (Phi) is 6.25. The number of unbranched alkanes of at least 4 members (excludes halogenated alkanes) is 2. The Morgan fingerprint density at radius 2 is 1.96 bits per heavy atom. The van der Waals surface area contributed by atoms with Gasteiger partial charge in [0.15, 0.2) is 0 Å². The molecule has 1 aromatic heterocycles. The zero-order chi connectivity index (χ0) is 17.6. The van der Waals surface area contributed by atoms with Crippen molar-refractivity contribution in [1.29, 1.82) is 0 Å². The highest BCUT2D eigenvalue weighted by molar-refractivity contribution is 6.31. The maximum Gasteiger partial charge on any atom is 0.417 e. The van der Waals surface area contributed by atoms with E-state index in [9.17, 15) is 13.2 Å². The van der Waals surface area contributed by atoms with Crippen molar-refractivity contribution < 1.29 is 13.2 Å². The predicted molar refractivity (Wildman–Crippen MR) is 89.8 cm³/mol. The van der Waals surface area contributed by atoms with Crippen molar-refractivity contribution in [3.8, 4) is 0 Å². The molecule has 0 fully saturated rings. The van der Waals surface area contributed by atoms with Gasteiger partial charge in [0.1, 0.15) is 5.82 Å². The second-order valence-corrected chi connectivity index (χ2v) is 5.62. The molecule has 2 N–H and O–H groups in total. The minimum absolute atomic E-state index is 0.214. The smallest absolute Gasteiger partial charge is 0.370 e. The van der Waals surface area contributed by atoms with Gasteiger partial charge in [-0.1, -0.05) is 31.4 Å². The van der Waals surface area contributed by atoms with Crippen LogP contribution in [0, 0.1) is 0 Å². The highest BCUT2D eigenvalue weighted by Crippen LogP contribution is 2.36. The van der Waals surface area contributed by atoms with E-state index < -0.39 is 11.7 Å². The molecule has 24 heavy (non-hydrogen) atoms. The molecule has 0 unspecified atom stereocenters. The highest BCUT2D eigenvalue weighted by Gasteiger charge is 2.33. The lowest BCUT2D eigenvalue weighted by Gasteiger charge is -2.12. The van der Waals surface area contributed by atoms with Gasteiger partial charge >= 0.3 is 6.18 Å². The van der Waals surface area contributed by atoms with Gasteiger partial charge in [-0.15, -0.1) is 0 Å². The molecule has 0 bridgehead atoms. The summed E-state index contributed by atoms with van der Waals surface area (Å²) >= 11 is 5.60. The first-order chi connectivity index (χ1) is 11.4. The summed E-state index contributed by atoms with van der Waals surface area (Å²) < 4.78 is 38.6. The molecule has 0 atom stereocenters. The first-order valence-corrected chi connectivity index (χ1v) is 7.98. The molecule has 0 aliphatic heterocycles. The van der Waals surface area contributed by atoms with E-state index in [0.717, 1.165) is 31.9 Å². The van der Waals surface area contributed by atoms with Crippen LogP contribution in [-0.2, 0) is 6.18 Å². The molecule has 0 aliphatic carbocycles. The van der Waals surface area contributed by atoms with Crippen LogP contribution >= 0.6 is 11.6 Å². The Morgan fingerprint density at radius 3 is 2.67 bits per heavy atom. The second-order valence-electron chi connectivity index (χ2n) is 5.22. The van der Waals surface area contributed by atoms with Crippen LogP contribution in [0.25, 0.3) is 0 Å². The van der Waals surface area contributed by atoms with Crippen LogP contribution in [-0.4, -0.2) is 16.5 Å². The fourth-order valence-electron chi connectivity index (χ4n) is 2.06. The van der Waals surface area contributed by atoms with Crippen molar-refractivity contribution in [3.05, 3.63) is 41.0 Å². The van der Waals surface area contributed by atoms with Crippen molar-refractivity contribution in [3.63, 3.8) is 0 Å². The van der Waals surface area contributed by atoms with E-state index in [1.165, 1.54) is 18.3 Å². The van der Waals surface area contributed by atoms with E-state index in [1.54, 1.807) is 6.07 Å². The molecule has 2 rings (SSSR count). The molecule has 1 aromatic carbocycles. The van der Waals surface area contributed by atoms with Crippen LogP contribution in [0.4, 0.5) is 30.6 Å². The first kappa shape index (κ1) is 18.3. The zero-order valence-electron chi connectivity index (χ0n) is 13.1. The molecule has 2 aromatic rings. The lowest BCUT2D eigenvalue weighted by molar-refractivity contribution is -0.137. The lowest BCUT2D eigenvalue weighted by Crippen LogP contribution is -2.08. The number of aromatic nitrogens is 2. The second kappa shape index (κ2) is 8.19. The molecule has 4 nitrogen and oxygen atoms in total. The summed E-state index contributed by atoms with van der Waals surface area (Å²) in [4.78, 5) is 8.25. The van der Waals surface area contributed by atoms with Gasteiger partial charge in [0.2, 0.25) is 5.95 Å². The van der Waals surface area contributed by atoms with Crippen molar-refractivity contribution in [2.45, 2.75) is 32.4 Å². The number of hydrogen-bond donors (Lipinski definition) is 2. The largest absolute Gasteiger partial charge is 0.417 e. The molecular weight excluding hydrogens is 341 g/mol. The summed E-state index contributed by atoms with van der Waals surface area (Å²) in [5.41, 5.74) is -0.683. The van der Waals surface area contributed by atoms with Crippen molar-refractivity contribution in [2.75, 3.05) is 17.2 Å². The molecule has 0 spiro atoms. The van der Waals surface area contributed by atoms with Crippen LogP contribution in [0.15, 0.2) is 30.5 Å². The maximum absolute atomic E-state index is 12.9. The Labute approximate surface area is 143 Å². The third-order valence-electron chi connectivity index (χ3n) is 3.27. The minimum Gasteiger partial charge on any atom is -0.370 e. The van der Waals surface area contributed by atoms with Crippen LogP contribution in [0.2, 0.25) is 5.02 Å². The van der Waals surface area contributed by atoms with Gasteiger partial charge in [-0.2, -0.15) is 18.2 Å². The third-order valence-corrected chi connectivity index (χ3v) is 3.60. The normalized spacial score (nSPS) is 11.4. The molecule has 130 valence electrons. The molecule has 0 radical (unpaired) electrons. The first-order valence-electron chi connectivity index (χ1n) is 7.61. The number of hydrogen-bond acceptors (Lipinski definition) is 4. The average Bonchev–Trinajstić information content (AvgIpc) is 2.53. The summed E-state index contributed by atoms with van der Waals surface area (Å²) in [7, 11) is 0. The Hall–Kier alpha value is -2.02. The quantitative estimate of drug-likeness (QED) is 0.642. The van der Waals surface area contributed by atoms with Crippen LogP contribution < -0.4 is 10.6 Å². The maximum atomic E-state index is 12.9. The van der Waals surface area contributed by atoms with Gasteiger partial charge in [-0.05, 0) is 30.7 Å². The predicted octanol–water partition coefficient (Wildman–Crippen LogP) is 5.49. The monoisotopic (exact) mass is 358 g/mol. The van der Waals surface area contributed by atoms with Gasteiger partial charge in [-0.3, -0.25) is 0 Å². The summed E-state index contributed by atoms with van der Waals surface area (Å²) in [6, 6.07) is 5.29. The number of nitrogens with zero attached hydrogens (tertiary/aromatic N) is 2. The number of halogens is 4. The molecule has 0 amide bonds. The fraction of sp³-hybridized carbons (Fsp3) is 0.375. The van der Waals surface area contributed by atoms with Gasteiger partial charge in [-0.25, -0.2) is 4.98 Å². The number of nitrogens with one attached hydrogen (secondary N) is 2. The van der Waals surface area contributed by atoms with Crippen molar-refractivity contribution in [1.82, 2.24) is 9.97 Å². The van der Waals surface area contributed by atoms with Crippen molar-refractivity contribution >= 4 is 29.1 Å². The van der Waals surface area contributed by atoms with Crippen LogP contribution in [0.1, 0.15) is 31.7 Å². The molecular formula is C16H18ClF3N4. The summed E-state index contributed by atoms with van der Waals surface area (Å²) in [6.07, 6.45) is 0.288. The Bertz CT molecular complexity index is 677. The van der Waals surface area contributed by atoms with Crippen molar-refractivity contribution in [2.24, 2.45) is 0 Å².